The van der Waals surface area contributed by atoms with Gasteiger partial charge in [0, 0.05) is 44.6 Å². The van der Waals surface area contributed by atoms with Gasteiger partial charge in [-0.2, -0.15) is 0 Å². The number of anilines is 2. The van der Waals surface area contributed by atoms with Crippen molar-refractivity contribution in [1.29, 1.82) is 0 Å². The summed E-state index contributed by atoms with van der Waals surface area (Å²) >= 11 is 0. The van der Waals surface area contributed by atoms with E-state index >= 15 is 0 Å². The number of hydrogen-bond acceptors (Lipinski definition) is 8. The monoisotopic (exact) mass is 511 g/mol. The van der Waals surface area contributed by atoms with Crippen LogP contribution in [-0.2, 0) is 25.4 Å². The number of imidazole rings is 1. The summed E-state index contributed by atoms with van der Waals surface area (Å²) in [6.45, 7) is 2.96. The van der Waals surface area contributed by atoms with Crippen LogP contribution in [0.1, 0.15) is 19.8 Å². The first-order valence-electron chi connectivity index (χ1n) is 11.3. The molecule has 0 spiro atoms. The van der Waals surface area contributed by atoms with Crippen LogP contribution in [0.25, 0.3) is 22.4 Å². The number of amides is 1. The second-order valence-electron chi connectivity index (χ2n) is 8.66. The molecular formula is C23H26ClN9O3. The summed E-state index contributed by atoms with van der Waals surface area (Å²) in [5.41, 5.74) is 0.766. The van der Waals surface area contributed by atoms with E-state index in [1.54, 1.807) is 24.5 Å². The molecule has 12 nitrogen and oxygen atoms in total. The van der Waals surface area contributed by atoms with Crippen molar-refractivity contribution in [3.8, 4) is 11.3 Å². The fourth-order valence-electron chi connectivity index (χ4n) is 4.35. The minimum absolute atomic E-state index is 0. The second kappa shape index (κ2) is 9.90. The maximum Gasteiger partial charge on any atom is 0.332 e. The van der Waals surface area contributed by atoms with Gasteiger partial charge in [-0.1, -0.05) is 6.07 Å². The molecule has 1 fully saturated rings. The zero-order chi connectivity index (χ0) is 24.7. The summed E-state index contributed by atoms with van der Waals surface area (Å²) in [4.78, 5) is 57.3. The van der Waals surface area contributed by atoms with E-state index in [1.807, 2.05) is 6.07 Å². The Morgan fingerprint density at radius 2 is 1.86 bits per heavy atom. The van der Waals surface area contributed by atoms with Gasteiger partial charge < -0.3 is 14.8 Å². The van der Waals surface area contributed by atoms with E-state index in [0.717, 1.165) is 29.5 Å². The van der Waals surface area contributed by atoms with Crippen LogP contribution in [0, 0.1) is 0 Å². The van der Waals surface area contributed by atoms with Crippen molar-refractivity contribution in [2.75, 3.05) is 16.8 Å². The molecule has 188 valence electrons. The van der Waals surface area contributed by atoms with E-state index in [9.17, 15) is 14.4 Å². The Bertz CT molecular complexity index is 1540. The maximum absolute atomic E-state index is 12.7. The number of hydrogen-bond donors (Lipinski definition) is 1. The van der Waals surface area contributed by atoms with Gasteiger partial charge in [-0.05, 0) is 31.9 Å². The minimum Gasteiger partial charge on any atom is -0.338 e. The van der Waals surface area contributed by atoms with E-state index in [2.05, 4.69) is 37.1 Å². The van der Waals surface area contributed by atoms with E-state index in [4.69, 9.17) is 0 Å². The van der Waals surface area contributed by atoms with E-state index in [-0.39, 0.29) is 36.0 Å². The van der Waals surface area contributed by atoms with Crippen LogP contribution in [-0.4, -0.2) is 52.1 Å². The quantitative estimate of drug-likeness (QED) is 0.424. The molecule has 0 bridgehead atoms. The number of nitrogens with one attached hydrogen (secondary N) is 1. The minimum atomic E-state index is -0.514. The number of carbonyl (C=O) groups is 1. The summed E-state index contributed by atoms with van der Waals surface area (Å²) in [5.74, 6) is 0.674. The number of fused-ring (bicyclic) bond motifs is 1. The summed E-state index contributed by atoms with van der Waals surface area (Å²) in [7, 11) is 2.91. The first-order valence-corrected chi connectivity index (χ1v) is 11.3. The van der Waals surface area contributed by atoms with Crippen LogP contribution < -0.4 is 21.5 Å². The van der Waals surface area contributed by atoms with Crippen LogP contribution in [0.4, 0.5) is 11.8 Å². The van der Waals surface area contributed by atoms with Gasteiger partial charge in [0.1, 0.15) is 12.4 Å². The number of halogens is 1. The van der Waals surface area contributed by atoms with Crippen molar-refractivity contribution in [3.05, 3.63) is 57.8 Å². The van der Waals surface area contributed by atoms with Crippen LogP contribution in [0.3, 0.4) is 0 Å². The molecule has 4 aromatic rings. The summed E-state index contributed by atoms with van der Waals surface area (Å²) < 4.78 is 3.68. The number of aryl methyl sites for hydroxylation is 1. The van der Waals surface area contributed by atoms with Gasteiger partial charge in [-0.15, -0.1) is 12.4 Å². The number of carbonyl (C=O) groups excluding carboxylic acids is 1. The van der Waals surface area contributed by atoms with E-state index < -0.39 is 11.2 Å². The Balaban J connectivity index is 0.00000304. The Hall–Kier alpha value is -4.06. The zero-order valence-corrected chi connectivity index (χ0v) is 20.9. The van der Waals surface area contributed by atoms with Gasteiger partial charge in [0.25, 0.3) is 5.56 Å². The topological polar surface area (TPSA) is 133 Å². The first-order chi connectivity index (χ1) is 16.8. The number of rotatable bonds is 5. The Kier molecular flexibility index (Phi) is 6.88. The van der Waals surface area contributed by atoms with Crippen LogP contribution in [0.15, 0.2) is 46.5 Å². The predicted octanol–water partition coefficient (Wildman–Crippen LogP) is 1.33. The third-order valence-electron chi connectivity index (χ3n) is 6.29. The van der Waals surface area contributed by atoms with Crippen LogP contribution >= 0.6 is 12.4 Å². The average Bonchev–Trinajstić information content (AvgIpc) is 3.48. The lowest BCUT2D eigenvalue weighted by molar-refractivity contribution is -0.116. The normalized spacial score (nSPS) is 15.2. The summed E-state index contributed by atoms with van der Waals surface area (Å²) in [6.07, 6.45) is 7.11. The van der Waals surface area contributed by atoms with Gasteiger partial charge in [-0.25, -0.2) is 24.7 Å². The van der Waals surface area contributed by atoms with E-state index in [1.165, 1.54) is 29.6 Å². The fraction of sp³-hybridized carbons (Fsp3) is 0.348. The lowest BCUT2D eigenvalue weighted by Gasteiger charge is -2.20. The smallest absolute Gasteiger partial charge is 0.332 e. The molecule has 0 saturated carbocycles. The second-order valence-corrected chi connectivity index (χ2v) is 8.66. The molecular weight excluding hydrogens is 486 g/mol. The highest BCUT2D eigenvalue weighted by Gasteiger charge is 2.22. The number of aromatic nitrogens is 7. The molecule has 1 aliphatic heterocycles. The highest BCUT2D eigenvalue weighted by Crippen LogP contribution is 2.23. The SMILES string of the molecule is C[C@H]1CCCN1c1ncc(-c2cccc(NC(=O)Cn3cnc4c3c(=O)n(C)c(=O)n4C)n2)cn1.Cl. The number of nitrogens with zero attached hydrogens (tertiary/aromatic N) is 8. The molecule has 1 atom stereocenters. The Labute approximate surface area is 212 Å². The number of pyridine rings is 1. The van der Waals surface area contributed by atoms with Gasteiger partial charge in [0.15, 0.2) is 11.2 Å². The Morgan fingerprint density at radius 3 is 2.56 bits per heavy atom. The van der Waals surface area contributed by atoms with Gasteiger partial charge in [0.05, 0.1) is 12.0 Å². The highest BCUT2D eigenvalue weighted by atomic mass is 35.5. The van der Waals surface area contributed by atoms with Gasteiger partial charge in [-0.3, -0.25) is 18.7 Å². The molecule has 4 aromatic heterocycles. The third-order valence-corrected chi connectivity index (χ3v) is 6.29. The van der Waals surface area contributed by atoms with Crippen molar-refractivity contribution < 1.29 is 4.79 Å². The molecule has 1 saturated heterocycles. The molecule has 0 aromatic carbocycles. The lowest BCUT2D eigenvalue weighted by Crippen LogP contribution is -2.37. The molecule has 36 heavy (non-hydrogen) atoms. The fourth-order valence-corrected chi connectivity index (χ4v) is 4.35. The maximum atomic E-state index is 12.7. The van der Waals surface area contributed by atoms with Gasteiger partial charge in [0.2, 0.25) is 11.9 Å². The molecule has 1 aliphatic rings. The van der Waals surface area contributed by atoms with Crippen molar-refractivity contribution in [3.63, 3.8) is 0 Å². The molecule has 5 rings (SSSR count). The molecule has 1 N–H and O–H groups in total. The van der Waals surface area contributed by atoms with Crippen molar-refractivity contribution >= 4 is 41.2 Å². The highest BCUT2D eigenvalue weighted by molar-refractivity contribution is 5.90. The summed E-state index contributed by atoms with van der Waals surface area (Å²) in [6, 6.07) is 5.71. The summed E-state index contributed by atoms with van der Waals surface area (Å²) in [5, 5.41) is 2.75. The standard InChI is InChI=1S/C23H25N9O3.ClH/c1-14-6-5-9-32(14)22-24-10-15(11-25-22)16-7-4-8-17(27-16)28-18(33)12-31-13-26-20-19(31)21(34)30(3)23(35)29(20)2;/h4,7-8,10-11,13-14H,5-6,9,12H2,1-3H3,(H,27,28,33);1H/t14-;/m0./s1. The van der Waals surface area contributed by atoms with Crippen molar-refractivity contribution in [2.24, 2.45) is 14.1 Å². The third kappa shape index (κ3) is 4.47. The first kappa shape index (κ1) is 25.0. The zero-order valence-electron chi connectivity index (χ0n) is 20.1. The lowest BCUT2D eigenvalue weighted by atomic mass is 10.2. The molecule has 0 unspecified atom stereocenters. The van der Waals surface area contributed by atoms with Gasteiger partial charge >= 0.3 is 5.69 Å². The van der Waals surface area contributed by atoms with Crippen LogP contribution in [0.5, 0.6) is 0 Å². The van der Waals surface area contributed by atoms with E-state index in [0.29, 0.717) is 23.5 Å². The molecule has 1 amide bonds. The molecule has 13 heteroatoms. The van der Waals surface area contributed by atoms with Crippen molar-refractivity contribution in [2.45, 2.75) is 32.4 Å². The average molecular weight is 512 g/mol. The Morgan fingerprint density at radius 1 is 1.11 bits per heavy atom. The van der Waals surface area contributed by atoms with Crippen molar-refractivity contribution in [1.82, 2.24) is 33.6 Å². The van der Waals surface area contributed by atoms with Crippen LogP contribution in [0.2, 0.25) is 0 Å². The molecule has 0 aliphatic carbocycles. The molecule has 5 heterocycles. The molecule has 0 radical (unpaired) electrons. The largest absolute Gasteiger partial charge is 0.338 e. The predicted molar refractivity (Wildman–Crippen MR) is 137 cm³/mol.